The lowest BCUT2D eigenvalue weighted by molar-refractivity contribution is -0.110. The van der Waals surface area contributed by atoms with Crippen molar-refractivity contribution < 1.29 is 47.9 Å². The van der Waals surface area contributed by atoms with Crippen molar-refractivity contribution in [2.45, 2.75) is 12.5 Å². The number of carbonyl (C=O) groups is 1. The first-order valence-electron chi connectivity index (χ1n) is 5.69. The van der Waals surface area contributed by atoms with Gasteiger partial charge in [0.2, 0.25) is 0 Å². The first-order chi connectivity index (χ1) is 10.7. The Labute approximate surface area is 137 Å². The van der Waals surface area contributed by atoms with Gasteiger partial charge in [-0.05, 0) is 27.8 Å². The zero-order chi connectivity index (χ0) is 18.8. The van der Waals surface area contributed by atoms with Crippen LogP contribution in [0, 0.1) is 0 Å². The highest BCUT2D eigenvalue weighted by molar-refractivity contribution is 7.98. The van der Waals surface area contributed by atoms with Gasteiger partial charge >= 0.3 is 31.0 Å². The Morgan fingerprint density at radius 3 is 1.75 bits per heavy atom. The average molecular weight is 405 g/mol. The highest BCUT2D eigenvalue weighted by atomic mass is 32.3. The van der Waals surface area contributed by atoms with Gasteiger partial charge in [0, 0.05) is 0 Å². The number of benzene rings is 1. The Balaban J connectivity index is 3.10. The van der Waals surface area contributed by atoms with Gasteiger partial charge in [0.1, 0.15) is 18.1 Å². The van der Waals surface area contributed by atoms with Crippen molar-refractivity contribution in [2.24, 2.45) is 0 Å². The predicted molar refractivity (Wildman–Crippen MR) is 77.1 cm³/mol. The highest BCUT2D eigenvalue weighted by Gasteiger charge is 2.38. The maximum atomic E-state index is 11.0. The lowest BCUT2D eigenvalue weighted by Crippen LogP contribution is -2.45. The van der Waals surface area contributed by atoms with E-state index in [2.05, 4.69) is 4.18 Å². The van der Waals surface area contributed by atoms with E-state index in [0.717, 1.165) is 24.3 Å². The fraction of sp³-hybridized carbons (Fsp3) is 0.222. The molecule has 3 N–H and O–H groups in total. The molecule has 0 spiro atoms. The van der Waals surface area contributed by atoms with E-state index in [1.807, 2.05) is 0 Å². The summed E-state index contributed by atoms with van der Waals surface area (Å²) in [4.78, 5) is 11.0. The van der Waals surface area contributed by atoms with Gasteiger partial charge in [0.15, 0.2) is 0 Å². The molecule has 0 unspecified atom stereocenters. The zero-order valence-corrected chi connectivity index (χ0v) is 13.9. The minimum Gasteiger partial charge on any atom is -0.362 e. The van der Waals surface area contributed by atoms with Crippen LogP contribution in [-0.2, 0) is 42.2 Å². The topological polar surface area (TPSA) is 193 Å². The van der Waals surface area contributed by atoms with E-state index in [-0.39, 0.29) is 17.6 Å². The Hall–Kier alpha value is -1.62. The van der Waals surface area contributed by atoms with E-state index in [0.29, 0.717) is 0 Å². The number of hydrogen-bond donors (Lipinski definition) is 3. The van der Waals surface area contributed by atoms with E-state index in [1.165, 1.54) is 0 Å². The monoisotopic (exact) mass is 405 g/mol. The van der Waals surface area contributed by atoms with Crippen molar-refractivity contribution >= 4 is 37.3 Å². The second-order valence-corrected chi connectivity index (χ2v) is 8.07. The van der Waals surface area contributed by atoms with Crippen molar-refractivity contribution in [3.8, 4) is 5.75 Å². The smallest absolute Gasteiger partial charge is 0.362 e. The van der Waals surface area contributed by atoms with Crippen LogP contribution in [0.4, 0.5) is 0 Å². The summed E-state index contributed by atoms with van der Waals surface area (Å²) in [6.07, 6.45) is -0.723. The highest BCUT2D eigenvalue weighted by Crippen LogP contribution is 2.18. The summed E-state index contributed by atoms with van der Waals surface area (Å²) in [7, 11) is -15.7. The van der Waals surface area contributed by atoms with Crippen molar-refractivity contribution in [3.05, 3.63) is 29.8 Å². The molecule has 0 aliphatic heterocycles. The molecule has 12 nitrogen and oxygen atoms in total. The standard InChI is InChI=1S/C9H11NO11S3/c11-6-8(10(22(12,13)14)23(15,16)17)5-7-1-3-9(4-2-7)21-24(18,19)20/h1-4,6,8H,5H2,(H,12,13,14)(H,15,16,17)(H,18,19,20)/t8-/m0/s1. The third-order valence-electron chi connectivity index (χ3n) is 2.45. The fourth-order valence-corrected chi connectivity index (χ4v) is 3.92. The van der Waals surface area contributed by atoms with Gasteiger partial charge in [-0.1, -0.05) is 12.1 Å². The van der Waals surface area contributed by atoms with Gasteiger partial charge in [-0.2, -0.15) is 25.3 Å². The summed E-state index contributed by atoms with van der Waals surface area (Å²) >= 11 is 0. The summed E-state index contributed by atoms with van der Waals surface area (Å²) in [5.74, 6) is -0.315. The third-order valence-corrected chi connectivity index (χ3v) is 5.44. The Morgan fingerprint density at radius 1 is 0.958 bits per heavy atom. The molecule has 0 heterocycles. The van der Waals surface area contributed by atoms with Crippen LogP contribution in [0.25, 0.3) is 0 Å². The molecule has 0 aliphatic rings. The molecular formula is C9H11NO11S3. The molecule has 0 aliphatic carbocycles. The van der Waals surface area contributed by atoms with Crippen LogP contribution in [0.1, 0.15) is 5.56 Å². The lowest BCUT2D eigenvalue weighted by Gasteiger charge is -2.20. The summed E-state index contributed by atoms with van der Waals surface area (Å²) < 4.78 is 94.7. The number of rotatable bonds is 8. The summed E-state index contributed by atoms with van der Waals surface area (Å²) in [6, 6.07) is 2.31. The molecule has 1 atom stereocenters. The molecule has 0 radical (unpaired) electrons. The summed E-state index contributed by atoms with van der Waals surface area (Å²) in [5, 5.41) is 0. The largest absolute Gasteiger partial charge is 0.446 e. The van der Waals surface area contributed by atoms with Crippen LogP contribution < -0.4 is 4.18 Å². The van der Waals surface area contributed by atoms with E-state index in [9.17, 15) is 30.0 Å². The number of carbonyl (C=O) groups excluding carboxylic acids is 1. The van der Waals surface area contributed by atoms with E-state index in [4.69, 9.17) is 13.7 Å². The fourth-order valence-electron chi connectivity index (χ4n) is 1.68. The molecule has 0 fully saturated rings. The van der Waals surface area contributed by atoms with Gasteiger partial charge in [0.05, 0.1) is 0 Å². The van der Waals surface area contributed by atoms with Crippen LogP contribution in [0.15, 0.2) is 24.3 Å². The molecule has 24 heavy (non-hydrogen) atoms. The van der Waals surface area contributed by atoms with Crippen LogP contribution >= 0.6 is 0 Å². The molecule has 15 heteroatoms. The maximum absolute atomic E-state index is 11.0. The van der Waals surface area contributed by atoms with Gasteiger partial charge in [0.25, 0.3) is 0 Å². The second kappa shape index (κ2) is 7.09. The molecule has 0 aromatic heterocycles. The number of hydrogen-bond acceptors (Lipinski definition) is 8. The number of aldehydes is 1. The Morgan fingerprint density at radius 2 is 1.42 bits per heavy atom. The van der Waals surface area contributed by atoms with Gasteiger partial charge < -0.3 is 8.98 Å². The normalized spacial score (nSPS) is 14.3. The third kappa shape index (κ3) is 6.11. The van der Waals surface area contributed by atoms with Crippen LogP contribution in [0.2, 0.25) is 0 Å². The van der Waals surface area contributed by atoms with E-state index < -0.39 is 47.2 Å². The summed E-state index contributed by atoms with van der Waals surface area (Å²) in [6.45, 7) is 0. The molecule has 0 saturated carbocycles. The first-order valence-corrected chi connectivity index (χ1v) is 9.85. The lowest BCUT2D eigenvalue weighted by atomic mass is 10.1. The van der Waals surface area contributed by atoms with Crippen LogP contribution in [-0.4, -0.2) is 55.0 Å². The van der Waals surface area contributed by atoms with Crippen molar-refractivity contribution in [1.29, 1.82) is 0 Å². The maximum Gasteiger partial charge on any atom is 0.446 e. The van der Waals surface area contributed by atoms with Crippen molar-refractivity contribution in [3.63, 3.8) is 0 Å². The van der Waals surface area contributed by atoms with Gasteiger partial charge in [-0.25, -0.2) is 0 Å². The molecule has 1 rings (SSSR count). The molecule has 0 amide bonds. The minimum absolute atomic E-state index is 0.118. The van der Waals surface area contributed by atoms with Crippen molar-refractivity contribution in [2.75, 3.05) is 0 Å². The van der Waals surface area contributed by atoms with E-state index >= 15 is 0 Å². The molecule has 0 bridgehead atoms. The molecular weight excluding hydrogens is 394 g/mol. The first kappa shape index (κ1) is 20.4. The predicted octanol–water partition coefficient (Wildman–Crippen LogP) is -1.11. The number of nitrogens with zero attached hydrogens (tertiary/aromatic N) is 1. The molecule has 1 aromatic rings. The Kier molecular flexibility index (Phi) is 6.04. The quantitative estimate of drug-likeness (QED) is 0.350. The SMILES string of the molecule is O=C[C@H](Cc1ccc(OS(=O)(=O)O)cc1)N(S(=O)(=O)O)S(=O)(=O)O. The van der Waals surface area contributed by atoms with Gasteiger partial charge in [-0.3, -0.25) is 13.7 Å². The summed E-state index contributed by atoms with van der Waals surface area (Å²) in [5.41, 5.74) is 0.118. The van der Waals surface area contributed by atoms with E-state index in [1.54, 1.807) is 0 Å². The molecule has 136 valence electrons. The van der Waals surface area contributed by atoms with Gasteiger partial charge in [-0.15, -0.1) is 0 Å². The minimum atomic E-state index is -5.46. The average Bonchev–Trinajstić information content (AvgIpc) is 2.35. The van der Waals surface area contributed by atoms with Crippen molar-refractivity contribution in [1.82, 2.24) is 3.71 Å². The van der Waals surface area contributed by atoms with Crippen LogP contribution in [0.5, 0.6) is 5.75 Å². The Bertz CT molecular complexity index is 870. The second-order valence-electron chi connectivity index (χ2n) is 4.24. The molecule has 1 aromatic carbocycles. The zero-order valence-electron chi connectivity index (χ0n) is 11.5. The molecule has 0 saturated heterocycles. The van der Waals surface area contributed by atoms with Crippen LogP contribution in [0.3, 0.4) is 0 Å².